The number of fused-ring (bicyclic) bond motifs is 1. The summed E-state index contributed by atoms with van der Waals surface area (Å²) in [5.74, 6) is 0.492. The lowest BCUT2D eigenvalue weighted by Gasteiger charge is -2.21. The van der Waals surface area contributed by atoms with Gasteiger partial charge < -0.3 is 5.32 Å². The van der Waals surface area contributed by atoms with Gasteiger partial charge in [-0.05, 0) is 66.1 Å². The minimum Gasteiger partial charge on any atom is -0.307 e. The van der Waals surface area contributed by atoms with Gasteiger partial charge >= 0.3 is 0 Å². The van der Waals surface area contributed by atoms with Crippen LogP contribution >= 0.6 is 0 Å². The summed E-state index contributed by atoms with van der Waals surface area (Å²) < 4.78 is 23.3. The van der Waals surface area contributed by atoms with Crippen LogP contribution in [-0.2, 0) is 9.84 Å². The molecule has 1 N–H and O–H groups in total. The van der Waals surface area contributed by atoms with Crippen LogP contribution in [-0.4, -0.2) is 20.7 Å². The van der Waals surface area contributed by atoms with E-state index in [1.54, 1.807) is 12.1 Å². The van der Waals surface area contributed by atoms with Crippen molar-refractivity contribution in [1.82, 2.24) is 5.32 Å². The van der Waals surface area contributed by atoms with Crippen molar-refractivity contribution in [3.05, 3.63) is 77.9 Å². The van der Waals surface area contributed by atoms with E-state index in [4.69, 9.17) is 0 Å². The summed E-state index contributed by atoms with van der Waals surface area (Å²) in [6.45, 7) is 2.25. The number of rotatable bonds is 5. The predicted octanol–water partition coefficient (Wildman–Crippen LogP) is 5.23. The summed E-state index contributed by atoms with van der Waals surface area (Å²) in [7, 11) is -3.13. The Labute approximate surface area is 167 Å². The first kappa shape index (κ1) is 19.2. The Morgan fingerprint density at radius 2 is 1.64 bits per heavy atom. The first-order valence-electron chi connectivity index (χ1n) is 9.95. The molecule has 0 aromatic heterocycles. The fourth-order valence-electron chi connectivity index (χ4n) is 4.49. The van der Waals surface area contributed by atoms with Crippen LogP contribution in [0.3, 0.4) is 0 Å². The molecule has 0 aliphatic heterocycles. The van der Waals surface area contributed by atoms with Crippen molar-refractivity contribution in [2.24, 2.45) is 0 Å². The third-order valence-electron chi connectivity index (χ3n) is 5.99. The zero-order valence-electron chi connectivity index (χ0n) is 16.4. The van der Waals surface area contributed by atoms with Crippen LogP contribution in [0.4, 0.5) is 0 Å². The van der Waals surface area contributed by atoms with Crippen LogP contribution < -0.4 is 5.32 Å². The van der Waals surface area contributed by atoms with E-state index in [9.17, 15) is 8.42 Å². The Hall–Kier alpha value is -2.17. The summed E-state index contributed by atoms with van der Waals surface area (Å²) in [6, 6.07) is 23.3. The van der Waals surface area contributed by atoms with Gasteiger partial charge in [-0.3, -0.25) is 0 Å². The first-order chi connectivity index (χ1) is 13.4. The van der Waals surface area contributed by atoms with Crippen molar-refractivity contribution in [2.45, 2.75) is 49.1 Å². The highest BCUT2D eigenvalue weighted by Gasteiger charge is 2.27. The van der Waals surface area contributed by atoms with E-state index in [-0.39, 0.29) is 0 Å². The van der Waals surface area contributed by atoms with Gasteiger partial charge in [-0.25, -0.2) is 8.42 Å². The standard InChI is InChI=1S/C24H27NO2S/c1-17(23-9-5-7-19-6-3-4-8-24(19)23)25-21-13-10-20(16-21)18-11-14-22(15-12-18)28(2,26)27/h3-9,11-12,14-15,17,20-21,25H,10,13,16H2,1-2H3/t17-,20?,21?/m1/s1. The van der Waals surface area contributed by atoms with Crippen molar-refractivity contribution in [2.75, 3.05) is 6.26 Å². The first-order valence-corrected chi connectivity index (χ1v) is 11.8. The average molecular weight is 394 g/mol. The number of benzene rings is 3. The van der Waals surface area contributed by atoms with Crippen LogP contribution in [0.2, 0.25) is 0 Å². The van der Waals surface area contributed by atoms with E-state index in [1.165, 1.54) is 28.2 Å². The summed E-state index contributed by atoms with van der Waals surface area (Å²) in [4.78, 5) is 0.397. The van der Waals surface area contributed by atoms with Crippen LogP contribution in [0.5, 0.6) is 0 Å². The lowest BCUT2D eigenvalue weighted by Crippen LogP contribution is -2.29. The van der Waals surface area contributed by atoms with Gasteiger partial charge in [-0.1, -0.05) is 54.6 Å². The molecule has 1 aliphatic rings. The van der Waals surface area contributed by atoms with Crippen molar-refractivity contribution in [3.8, 4) is 0 Å². The molecular weight excluding hydrogens is 366 g/mol. The Morgan fingerprint density at radius 3 is 2.39 bits per heavy atom. The van der Waals surface area contributed by atoms with E-state index in [0.717, 1.165) is 19.3 Å². The highest BCUT2D eigenvalue weighted by atomic mass is 32.2. The molecular formula is C24H27NO2S. The van der Waals surface area contributed by atoms with Crippen LogP contribution in [0.15, 0.2) is 71.6 Å². The summed E-state index contributed by atoms with van der Waals surface area (Å²) in [5.41, 5.74) is 2.59. The SMILES string of the molecule is C[C@@H](NC1CCC(c2ccc(S(C)(=O)=O)cc2)C1)c1cccc2ccccc12. The van der Waals surface area contributed by atoms with Gasteiger partial charge in [0, 0.05) is 18.3 Å². The van der Waals surface area contributed by atoms with Gasteiger partial charge in [-0.2, -0.15) is 0 Å². The Balaban J connectivity index is 1.44. The van der Waals surface area contributed by atoms with E-state index in [2.05, 4.69) is 54.7 Å². The quantitative estimate of drug-likeness (QED) is 0.645. The Morgan fingerprint density at radius 1 is 0.929 bits per heavy atom. The highest BCUT2D eigenvalue weighted by molar-refractivity contribution is 7.90. The summed E-state index contributed by atoms with van der Waals surface area (Å²) in [5, 5.41) is 6.42. The zero-order valence-corrected chi connectivity index (χ0v) is 17.2. The minimum absolute atomic E-state index is 0.294. The average Bonchev–Trinajstić information content (AvgIpc) is 3.15. The van der Waals surface area contributed by atoms with Crippen molar-refractivity contribution >= 4 is 20.6 Å². The second kappa shape index (κ2) is 7.69. The van der Waals surface area contributed by atoms with Crippen molar-refractivity contribution < 1.29 is 8.42 Å². The lowest BCUT2D eigenvalue weighted by molar-refractivity contribution is 0.459. The van der Waals surface area contributed by atoms with Crippen LogP contribution in [0.1, 0.15) is 49.3 Å². The summed E-state index contributed by atoms with van der Waals surface area (Å²) in [6.07, 6.45) is 4.63. The van der Waals surface area contributed by atoms with Gasteiger partial charge in [0.05, 0.1) is 4.90 Å². The molecule has 0 spiro atoms. The van der Waals surface area contributed by atoms with E-state index in [0.29, 0.717) is 22.9 Å². The van der Waals surface area contributed by atoms with Crippen LogP contribution in [0, 0.1) is 0 Å². The molecule has 1 fully saturated rings. The topological polar surface area (TPSA) is 46.2 Å². The number of nitrogens with one attached hydrogen (secondary N) is 1. The fourth-order valence-corrected chi connectivity index (χ4v) is 5.12. The maximum Gasteiger partial charge on any atom is 0.175 e. The molecule has 3 atom stereocenters. The molecule has 0 saturated heterocycles. The van der Waals surface area contributed by atoms with Crippen molar-refractivity contribution in [1.29, 1.82) is 0 Å². The molecule has 3 nitrogen and oxygen atoms in total. The number of sulfone groups is 1. The molecule has 3 aromatic rings. The van der Waals surface area contributed by atoms with Gasteiger partial charge in [0.2, 0.25) is 0 Å². The second-order valence-electron chi connectivity index (χ2n) is 8.00. The van der Waals surface area contributed by atoms with Crippen molar-refractivity contribution in [3.63, 3.8) is 0 Å². The molecule has 0 radical (unpaired) electrons. The molecule has 2 unspecified atom stereocenters. The largest absolute Gasteiger partial charge is 0.307 e. The van der Waals surface area contributed by atoms with E-state index >= 15 is 0 Å². The van der Waals surface area contributed by atoms with Gasteiger partial charge in [0.15, 0.2) is 9.84 Å². The fraction of sp³-hybridized carbons (Fsp3) is 0.333. The molecule has 1 saturated carbocycles. The third-order valence-corrected chi connectivity index (χ3v) is 7.12. The normalized spacial score (nSPS) is 21.1. The molecule has 0 heterocycles. The van der Waals surface area contributed by atoms with Gasteiger partial charge in [0.25, 0.3) is 0 Å². The molecule has 0 amide bonds. The zero-order chi connectivity index (χ0) is 19.7. The second-order valence-corrected chi connectivity index (χ2v) is 10.0. The number of hydrogen-bond donors (Lipinski definition) is 1. The molecule has 4 rings (SSSR count). The van der Waals surface area contributed by atoms with Crippen LogP contribution in [0.25, 0.3) is 10.8 Å². The maximum atomic E-state index is 11.7. The highest BCUT2D eigenvalue weighted by Crippen LogP contribution is 2.36. The predicted molar refractivity (Wildman–Crippen MR) is 115 cm³/mol. The smallest absolute Gasteiger partial charge is 0.175 e. The monoisotopic (exact) mass is 393 g/mol. The molecule has 28 heavy (non-hydrogen) atoms. The lowest BCUT2D eigenvalue weighted by atomic mass is 9.97. The Bertz CT molecular complexity index is 1070. The molecule has 0 bridgehead atoms. The molecule has 1 aliphatic carbocycles. The summed E-state index contributed by atoms with van der Waals surface area (Å²) >= 11 is 0. The van der Waals surface area contributed by atoms with Gasteiger partial charge in [0.1, 0.15) is 0 Å². The molecule has 146 valence electrons. The molecule has 3 aromatic carbocycles. The third kappa shape index (κ3) is 3.98. The Kier molecular flexibility index (Phi) is 5.26. The molecule has 4 heteroatoms. The van der Waals surface area contributed by atoms with E-state index in [1.807, 2.05) is 12.1 Å². The minimum atomic E-state index is -3.13. The van der Waals surface area contributed by atoms with Gasteiger partial charge in [-0.15, -0.1) is 0 Å². The maximum absolute atomic E-state index is 11.7. The number of hydrogen-bond acceptors (Lipinski definition) is 3. The van der Waals surface area contributed by atoms with E-state index < -0.39 is 9.84 Å².